The van der Waals surface area contributed by atoms with E-state index in [2.05, 4.69) is 42.0 Å². The Hall–Kier alpha value is -5.16. The van der Waals surface area contributed by atoms with E-state index in [0.717, 1.165) is 47.8 Å². The molecule has 1 saturated heterocycles. The van der Waals surface area contributed by atoms with E-state index in [1.807, 2.05) is 60.7 Å². The predicted molar refractivity (Wildman–Crippen MR) is 168 cm³/mol. The molecule has 0 amide bonds. The zero-order valence-electron chi connectivity index (χ0n) is 24.5. The van der Waals surface area contributed by atoms with Crippen molar-refractivity contribution in [3.8, 4) is 17.3 Å². The summed E-state index contributed by atoms with van der Waals surface area (Å²) >= 11 is 0. The van der Waals surface area contributed by atoms with Crippen LogP contribution >= 0.6 is 0 Å². The van der Waals surface area contributed by atoms with E-state index in [1.54, 1.807) is 24.8 Å². The van der Waals surface area contributed by atoms with Crippen LogP contribution in [0.15, 0.2) is 85.5 Å². The molecule has 0 spiro atoms. The number of hydrogen-bond acceptors (Lipinski definition) is 11. The summed E-state index contributed by atoms with van der Waals surface area (Å²) in [7, 11) is 0. The lowest BCUT2D eigenvalue weighted by Gasteiger charge is -2.37. The maximum atomic E-state index is 5.84. The van der Waals surface area contributed by atoms with E-state index >= 15 is 0 Å². The lowest BCUT2D eigenvalue weighted by molar-refractivity contribution is 0.0984. The van der Waals surface area contributed by atoms with Gasteiger partial charge in [0.2, 0.25) is 11.8 Å². The number of nitrogens with one attached hydrogen (secondary N) is 1. The third-order valence-electron chi connectivity index (χ3n) is 7.78. The van der Waals surface area contributed by atoms with E-state index in [9.17, 15) is 0 Å². The fraction of sp³-hybridized carbons (Fsp3) is 0.273. The summed E-state index contributed by atoms with van der Waals surface area (Å²) in [5.74, 6) is 3.46. The van der Waals surface area contributed by atoms with Gasteiger partial charge in [0.1, 0.15) is 12.4 Å². The number of ether oxygens (including phenoxy) is 2. The fourth-order valence-electron chi connectivity index (χ4n) is 5.50. The molecule has 0 bridgehead atoms. The van der Waals surface area contributed by atoms with Gasteiger partial charge in [-0.05, 0) is 49.2 Å². The third kappa shape index (κ3) is 6.13. The van der Waals surface area contributed by atoms with Crippen LogP contribution in [0.25, 0.3) is 11.4 Å². The highest BCUT2D eigenvalue weighted by Gasteiger charge is 2.29. The monoisotopic (exact) mass is 587 g/mol. The topological polar surface area (TPSA) is 114 Å². The summed E-state index contributed by atoms with van der Waals surface area (Å²) in [5, 5.41) is 3.33. The standard InChI is InChI=1S/C33H33N9O2/c1-23-21-43-17-16-42(23)32-27-12-15-41(33-35-13-5-14-36-33)20-28(27)38-31(40-32)25-8-10-26(11-9-25)37-29-18-34-19-30(39-29)44-22-24-6-3-2-4-7-24/h2-11,13-14,18-19,23H,12,15-17,20-22H2,1H3,(H,37,39). The summed E-state index contributed by atoms with van der Waals surface area (Å²) < 4.78 is 11.6. The van der Waals surface area contributed by atoms with Crippen LogP contribution in [0.2, 0.25) is 0 Å². The van der Waals surface area contributed by atoms with Crippen molar-refractivity contribution in [2.24, 2.45) is 0 Å². The number of hydrogen-bond donors (Lipinski definition) is 1. The average molecular weight is 588 g/mol. The van der Waals surface area contributed by atoms with Crippen molar-refractivity contribution in [1.82, 2.24) is 29.9 Å². The summed E-state index contributed by atoms with van der Waals surface area (Å²) in [6, 6.07) is 20.1. The van der Waals surface area contributed by atoms with Crippen molar-refractivity contribution in [3.05, 3.63) is 102 Å². The predicted octanol–water partition coefficient (Wildman–Crippen LogP) is 4.83. The van der Waals surface area contributed by atoms with Crippen molar-refractivity contribution in [2.45, 2.75) is 32.5 Å². The van der Waals surface area contributed by atoms with Crippen LogP contribution in [-0.2, 0) is 24.3 Å². The maximum absolute atomic E-state index is 5.84. The summed E-state index contributed by atoms with van der Waals surface area (Å²) in [6.07, 6.45) is 7.67. The molecule has 11 heteroatoms. The van der Waals surface area contributed by atoms with Gasteiger partial charge >= 0.3 is 0 Å². The van der Waals surface area contributed by atoms with E-state index in [4.69, 9.17) is 19.4 Å². The van der Waals surface area contributed by atoms with Gasteiger partial charge in [-0.3, -0.25) is 4.98 Å². The lowest BCUT2D eigenvalue weighted by Crippen LogP contribution is -2.45. The number of benzene rings is 2. The number of rotatable bonds is 8. The van der Waals surface area contributed by atoms with Gasteiger partial charge in [-0.25, -0.2) is 19.9 Å². The van der Waals surface area contributed by atoms with Crippen LogP contribution < -0.4 is 19.9 Å². The second-order valence-corrected chi connectivity index (χ2v) is 10.9. The minimum Gasteiger partial charge on any atom is -0.472 e. The molecule has 3 aromatic heterocycles. The molecule has 1 unspecified atom stereocenters. The van der Waals surface area contributed by atoms with E-state index in [1.165, 1.54) is 5.56 Å². The highest BCUT2D eigenvalue weighted by Crippen LogP contribution is 2.32. The zero-order valence-corrected chi connectivity index (χ0v) is 24.5. The minimum atomic E-state index is 0.228. The van der Waals surface area contributed by atoms with Crippen molar-refractivity contribution in [1.29, 1.82) is 0 Å². The zero-order chi connectivity index (χ0) is 29.7. The maximum Gasteiger partial charge on any atom is 0.234 e. The Balaban J connectivity index is 1.13. The number of fused-ring (bicyclic) bond motifs is 1. The van der Waals surface area contributed by atoms with Crippen LogP contribution in [-0.4, -0.2) is 62.2 Å². The molecule has 1 N–H and O–H groups in total. The van der Waals surface area contributed by atoms with Crippen molar-refractivity contribution in [3.63, 3.8) is 0 Å². The summed E-state index contributed by atoms with van der Waals surface area (Å²) in [5.41, 5.74) is 5.07. The molecule has 5 heterocycles. The van der Waals surface area contributed by atoms with Crippen LogP contribution in [0.3, 0.4) is 0 Å². The summed E-state index contributed by atoms with van der Waals surface area (Å²) in [4.78, 5) is 32.6. The Morgan fingerprint density at radius 2 is 1.77 bits per heavy atom. The van der Waals surface area contributed by atoms with Crippen LogP contribution in [0.4, 0.5) is 23.3 Å². The third-order valence-corrected chi connectivity index (χ3v) is 7.78. The quantitative estimate of drug-likeness (QED) is 0.269. The van der Waals surface area contributed by atoms with E-state index < -0.39 is 0 Å². The first-order valence-corrected chi connectivity index (χ1v) is 14.8. The Morgan fingerprint density at radius 3 is 2.59 bits per heavy atom. The minimum absolute atomic E-state index is 0.228. The molecule has 1 fully saturated rings. The highest BCUT2D eigenvalue weighted by atomic mass is 16.5. The fourth-order valence-corrected chi connectivity index (χ4v) is 5.50. The molecule has 0 saturated carbocycles. The van der Waals surface area contributed by atoms with Crippen LogP contribution in [0, 0.1) is 0 Å². The van der Waals surface area contributed by atoms with Gasteiger partial charge in [-0.15, -0.1) is 0 Å². The molecular weight excluding hydrogens is 554 g/mol. The van der Waals surface area contributed by atoms with Gasteiger partial charge in [0.05, 0.1) is 43.9 Å². The first kappa shape index (κ1) is 27.7. The normalized spacial score (nSPS) is 16.3. The first-order valence-electron chi connectivity index (χ1n) is 14.8. The van der Waals surface area contributed by atoms with Gasteiger partial charge in [0.15, 0.2) is 11.6 Å². The van der Waals surface area contributed by atoms with E-state index in [-0.39, 0.29) is 6.04 Å². The molecule has 0 aliphatic carbocycles. The second-order valence-electron chi connectivity index (χ2n) is 10.9. The molecule has 2 aliphatic heterocycles. The molecule has 11 nitrogen and oxygen atoms in total. The molecule has 2 aromatic carbocycles. The van der Waals surface area contributed by atoms with E-state index in [0.29, 0.717) is 49.8 Å². The van der Waals surface area contributed by atoms with Gasteiger partial charge < -0.3 is 24.6 Å². The SMILES string of the molecule is CC1COCCN1c1nc(-c2ccc(Nc3cncc(OCc4ccccc4)n3)cc2)nc2c1CCN(c1ncccn1)C2. The Kier molecular flexibility index (Phi) is 7.92. The summed E-state index contributed by atoms with van der Waals surface area (Å²) in [6.45, 7) is 6.22. The number of nitrogens with zero attached hydrogens (tertiary/aromatic N) is 8. The Bertz CT molecular complexity index is 1700. The average Bonchev–Trinajstić information content (AvgIpc) is 3.08. The van der Waals surface area contributed by atoms with Gasteiger partial charge in [0.25, 0.3) is 0 Å². The van der Waals surface area contributed by atoms with Crippen LogP contribution in [0.5, 0.6) is 5.88 Å². The molecule has 222 valence electrons. The second kappa shape index (κ2) is 12.6. The molecule has 5 aromatic rings. The molecule has 7 rings (SSSR count). The van der Waals surface area contributed by atoms with Crippen molar-refractivity contribution >= 4 is 23.3 Å². The van der Waals surface area contributed by atoms with Gasteiger partial charge in [-0.1, -0.05) is 30.3 Å². The van der Waals surface area contributed by atoms with Crippen molar-refractivity contribution < 1.29 is 9.47 Å². The molecule has 1 atom stereocenters. The molecule has 44 heavy (non-hydrogen) atoms. The van der Waals surface area contributed by atoms with Gasteiger partial charge in [-0.2, -0.15) is 4.98 Å². The number of anilines is 4. The Labute approximate surface area is 256 Å². The first-order chi connectivity index (χ1) is 21.7. The molecule has 0 radical (unpaired) electrons. The number of aromatic nitrogens is 6. The Morgan fingerprint density at radius 1 is 0.932 bits per heavy atom. The number of morpholine rings is 1. The molecular formula is C33H33N9O2. The van der Waals surface area contributed by atoms with Gasteiger partial charge in [0, 0.05) is 42.3 Å². The van der Waals surface area contributed by atoms with Crippen LogP contribution in [0.1, 0.15) is 23.7 Å². The highest BCUT2D eigenvalue weighted by molar-refractivity contribution is 5.66. The molecule has 2 aliphatic rings. The van der Waals surface area contributed by atoms with Crippen molar-refractivity contribution in [2.75, 3.05) is 41.4 Å². The lowest BCUT2D eigenvalue weighted by atomic mass is 10.0. The smallest absolute Gasteiger partial charge is 0.234 e. The largest absolute Gasteiger partial charge is 0.472 e.